The van der Waals surface area contributed by atoms with Crippen molar-refractivity contribution in [1.29, 1.82) is 0 Å². The van der Waals surface area contributed by atoms with Gasteiger partial charge < -0.3 is 10.2 Å². The fourth-order valence-electron chi connectivity index (χ4n) is 2.41. The molecule has 1 saturated heterocycles. The minimum atomic E-state index is 0.388. The van der Waals surface area contributed by atoms with Crippen molar-refractivity contribution in [2.75, 3.05) is 24.5 Å². The highest BCUT2D eigenvalue weighted by Gasteiger charge is 2.19. The lowest BCUT2D eigenvalue weighted by atomic mass is 10.1. The number of nitrogens with zero attached hydrogens (tertiary/aromatic N) is 2. The first-order valence-corrected chi connectivity index (χ1v) is 6.76. The van der Waals surface area contributed by atoms with Crippen LogP contribution < -0.4 is 10.2 Å². The van der Waals surface area contributed by atoms with Gasteiger partial charge in [0.2, 0.25) is 0 Å². The summed E-state index contributed by atoms with van der Waals surface area (Å²) < 4.78 is 0. The molecule has 94 valence electrons. The van der Waals surface area contributed by atoms with E-state index >= 15 is 0 Å². The van der Waals surface area contributed by atoms with Gasteiger partial charge in [-0.2, -0.15) is 0 Å². The summed E-state index contributed by atoms with van der Waals surface area (Å²) in [6, 6.07) is 4.63. The van der Waals surface area contributed by atoms with E-state index in [2.05, 4.69) is 35.1 Å². The van der Waals surface area contributed by atoms with E-state index in [-0.39, 0.29) is 0 Å². The topological polar surface area (TPSA) is 28.2 Å². The molecule has 0 amide bonds. The fourth-order valence-corrected chi connectivity index (χ4v) is 2.41. The molecule has 1 aromatic heterocycles. The SMILES string of the molecule is CCCNC(C)c1cccnc1N1CCCC1. The maximum Gasteiger partial charge on any atom is 0.133 e. The van der Waals surface area contributed by atoms with E-state index in [1.165, 1.54) is 30.6 Å². The maximum absolute atomic E-state index is 4.58. The lowest BCUT2D eigenvalue weighted by Gasteiger charge is -2.23. The zero-order valence-corrected chi connectivity index (χ0v) is 10.9. The van der Waals surface area contributed by atoms with E-state index < -0.39 is 0 Å². The summed E-state index contributed by atoms with van der Waals surface area (Å²) in [5, 5.41) is 3.55. The standard InChI is InChI=1S/C14H23N3/c1-3-8-15-12(2)13-7-6-9-16-14(13)17-10-4-5-11-17/h6-7,9,12,15H,3-5,8,10-11H2,1-2H3. The number of nitrogens with one attached hydrogen (secondary N) is 1. The Morgan fingerprint density at radius 3 is 2.88 bits per heavy atom. The summed E-state index contributed by atoms with van der Waals surface area (Å²) in [5.41, 5.74) is 1.34. The summed E-state index contributed by atoms with van der Waals surface area (Å²) in [6.07, 6.45) is 5.67. The third-order valence-electron chi connectivity index (χ3n) is 3.39. The molecule has 1 fully saturated rings. The molecule has 17 heavy (non-hydrogen) atoms. The quantitative estimate of drug-likeness (QED) is 0.847. The number of rotatable bonds is 5. The normalized spacial score (nSPS) is 17.4. The minimum Gasteiger partial charge on any atom is -0.356 e. The number of hydrogen-bond acceptors (Lipinski definition) is 3. The van der Waals surface area contributed by atoms with Crippen LogP contribution in [0.4, 0.5) is 5.82 Å². The third-order valence-corrected chi connectivity index (χ3v) is 3.39. The molecule has 1 N–H and O–H groups in total. The van der Waals surface area contributed by atoms with Crippen LogP contribution in [0.5, 0.6) is 0 Å². The van der Waals surface area contributed by atoms with Crippen LogP contribution in [0.25, 0.3) is 0 Å². The molecular weight excluding hydrogens is 210 g/mol. The Hall–Kier alpha value is -1.09. The van der Waals surface area contributed by atoms with Gasteiger partial charge in [0.1, 0.15) is 5.82 Å². The molecule has 0 radical (unpaired) electrons. The van der Waals surface area contributed by atoms with Crippen LogP contribution in [-0.4, -0.2) is 24.6 Å². The van der Waals surface area contributed by atoms with Crippen molar-refractivity contribution in [3.63, 3.8) is 0 Å². The van der Waals surface area contributed by atoms with E-state index in [9.17, 15) is 0 Å². The molecule has 3 heteroatoms. The average Bonchev–Trinajstić information content (AvgIpc) is 2.89. The molecule has 0 spiro atoms. The van der Waals surface area contributed by atoms with E-state index in [1.54, 1.807) is 0 Å². The van der Waals surface area contributed by atoms with Crippen LogP contribution in [0.3, 0.4) is 0 Å². The third kappa shape index (κ3) is 2.97. The van der Waals surface area contributed by atoms with Crippen molar-refractivity contribution in [3.8, 4) is 0 Å². The van der Waals surface area contributed by atoms with Gasteiger partial charge in [0.05, 0.1) is 0 Å². The second kappa shape index (κ2) is 6.01. The minimum absolute atomic E-state index is 0.388. The molecule has 2 rings (SSSR count). The first-order chi connectivity index (χ1) is 8.33. The van der Waals surface area contributed by atoms with Gasteiger partial charge in [0, 0.05) is 30.9 Å². The first kappa shape index (κ1) is 12.4. The first-order valence-electron chi connectivity index (χ1n) is 6.76. The predicted molar refractivity (Wildman–Crippen MR) is 72.4 cm³/mol. The molecule has 0 aliphatic carbocycles. The van der Waals surface area contributed by atoms with Gasteiger partial charge in [0.25, 0.3) is 0 Å². The highest BCUT2D eigenvalue weighted by molar-refractivity contribution is 5.48. The lowest BCUT2D eigenvalue weighted by Crippen LogP contribution is -2.25. The molecule has 3 nitrogen and oxygen atoms in total. The predicted octanol–water partition coefficient (Wildman–Crippen LogP) is 2.74. The van der Waals surface area contributed by atoms with Gasteiger partial charge in [-0.15, -0.1) is 0 Å². The molecule has 1 atom stereocenters. The number of pyridine rings is 1. The van der Waals surface area contributed by atoms with Crippen molar-refractivity contribution in [2.24, 2.45) is 0 Å². The molecule has 0 bridgehead atoms. The van der Waals surface area contributed by atoms with E-state index in [0.717, 1.165) is 19.6 Å². The van der Waals surface area contributed by atoms with Crippen LogP contribution in [-0.2, 0) is 0 Å². The highest BCUT2D eigenvalue weighted by Crippen LogP contribution is 2.26. The molecule has 0 aromatic carbocycles. The zero-order chi connectivity index (χ0) is 12.1. The van der Waals surface area contributed by atoms with Crippen LogP contribution in [0.15, 0.2) is 18.3 Å². The second-order valence-electron chi connectivity index (χ2n) is 4.79. The summed E-state index contributed by atoms with van der Waals surface area (Å²) in [5.74, 6) is 1.18. The van der Waals surface area contributed by atoms with E-state index in [4.69, 9.17) is 0 Å². The summed E-state index contributed by atoms with van der Waals surface area (Å²) in [4.78, 5) is 6.99. The molecule has 1 unspecified atom stereocenters. The average molecular weight is 233 g/mol. The molecular formula is C14H23N3. The van der Waals surface area contributed by atoms with Crippen LogP contribution in [0.1, 0.15) is 44.7 Å². The van der Waals surface area contributed by atoms with Crippen molar-refractivity contribution in [3.05, 3.63) is 23.9 Å². The monoisotopic (exact) mass is 233 g/mol. The van der Waals surface area contributed by atoms with Gasteiger partial charge in [-0.3, -0.25) is 0 Å². The molecule has 1 aliphatic heterocycles. The fraction of sp³-hybridized carbons (Fsp3) is 0.643. The van der Waals surface area contributed by atoms with Crippen molar-refractivity contribution >= 4 is 5.82 Å². The van der Waals surface area contributed by atoms with Gasteiger partial charge in [0.15, 0.2) is 0 Å². The smallest absolute Gasteiger partial charge is 0.133 e. The van der Waals surface area contributed by atoms with Crippen LogP contribution in [0.2, 0.25) is 0 Å². The highest BCUT2D eigenvalue weighted by atomic mass is 15.2. The number of hydrogen-bond donors (Lipinski definition) is 1. The van der Waals surface area contributed by atoms with Gasteiger partial charge in [-0.05, 0) is 38.8 Å². The van der Waals surface area contributed by atoms with Crippen molar-refractivity contribution < 1.29 is 0 Å². The Morgan fingerprint density at radius 1 is 1.41 bits per heavy atom. The Labute approximate surface area is 104 Å². The Morgan fingerprint density at radius 2 is 2.18 bits per heavy atom. The maximum atomic E-state index is 4.58. The van der Waals surface area contributed by atoms with Crippen molar-refractivity contribution in [2.45, 2.75) is 39.2 Å². The van der Waals surface area contributed by atoms with E-state index in [1.807, 2.05) is 12.3 Å². The lowest BCUT2D eigenvalue weighted by molar-refractivity contribution is 0.568. The largest absolute Gasteiger partial charge is 0.356 e. The van der Waals surface area contributed by atoms with E-state index in [0.29, 0.717) is 6.04 Å². The zero-order valence-electron chi connectivity index (χ0n) is 10.9. The number of aromatic nitrogens is 1. The van der Waals surface area contributed by atoms with Gasteiger partial charge in [-0.1, -0.05) is 13.0 Å². The summed E-state index contributed by atoms with van der Waals surface area (Å²) in [6.45, 7) is 7.81. The Bertz CT molecular complexity index is 345. The summed E-state index contributed by atoms with van der Waals surface area (Å²) >= 11 is 0. The Kier molecular flexibility index (Phi) is 4.37. The van der Waals surface area contributed by atoms with Crippen LogP contribution >= 0.6 is 0 Å². The van der Waals surface area contributed by atoms with Crippen molar-refractivity contribution in [1.82, 2.24) is 10.3 Å². The second-order valence-corrected chi connectivity index (χ2v) is 4.79. The molecule has 1 aliphatic rings. The molecule has 1 aromatic rings. The number of anilines is 1. The van der Waals surface area contributed by atoms with Gasteiger partial charge in [-0.25, -0.2) is 4.98 Å². The van der Waals surface area contributed by atoms with Gasteiger partial charge >= 0.3 is 0 Å². The van der Waals surface area contributed by atoms with Crippen LogP contribution in [0, 0.1) is 0 Å². The Balaban J connectivity index is 2.14. The molecule has 0 saturated carbocycles. The summed E-state index contributed by atoms with van der Waals surface area (Å²) in [7, 11) is 0. The molecule has 2 heterocycles.